The van der Waals surface area contributed by atoms with Crippen LogP contribution in [0, 0.1) is 6.92 Å². The number of carbonyl (C=O) groups excluding carboxylic acids is 3. The highest BCUT2D eigenvalue weighted by Crippen LogP contribution is 2.17. The molecule has 8 nitrogen and oxygen atoms in total. The lowest BCUT2D eigenvalue weighted by molar-refractivity contribution is -0.136. The SMILES string of the molecule is Cc1oc(C(=O)NN)cc1CN1CC(=O)NC(=O)C1. The lowest BCUT2D eigenvalue weighted by Gasteiger charge is -2.24. The molecule has 19 heavy (non-hydrogen) atoms. The Balaban J connectivity index is 2.10. The third-order valence-electron chi connectivity index (χ3n) is 2.78. The largest absolute Gasteiger partial charge is 0.456 e. The number of rotatable bonds is 3. The molecule has 2 heterocycles. The van der Waals surface area contributed by atoms with Gasteiger partial charge in [0.05, 0.1) is 13.1 Å². The van der Waals surface area contributed by atoms with E-state index in [2.05, 4.69) is 5.32 Å². The minimum atomic E-state index is -0.526. The molecule has 1 aromatic heterocycles. The van der Waals surface area contributed by atoms with Crippen molar-refractivity contribution >= 4 is 17.7 Å². The molecule has 0 unspecified atom stereocenters. The van der Waals surface area contributed by atoms with Gasteiger partial charge in [0.15, 0.2) is 5.76 Å². The Morgan fingerprint density at radius 3 is 2.68 bits per heavy atom. The average molecular weight is 266 g/mol. The lowest BCUT2D eigenvalue weighted by atomic mass is 10.2. The van der Waals surface area contributed by atoms with Gasteiger partial charge in [0.2, 0.25) is 11.8 Å². The predicted molar refractivity (Wildman–Crippen MR) is 63.5 cm³/mol. The highest BCUT2D eigenvalue weighted by Gasteiger charge is 2.24. The zero-order valence-electron chi connectivity index (χ0n) is 10.4. The van der Waals surface area contributed by atoms with Crippen LogP contribution in [0.25, 0.3) is 0 Å². The molecule has 4 N–H and O–H groups in total. The molecule has 1 aliphatic heterocycles. The molecule has 1 saturated heterocycles. The summed E-state index contributed by atoms with van der Waals surface area (Å²) in [6.07, 6.45) is 0. The summed E-state index contributed by atoms with van der Waals surface area (Å²) in [5.41, 5.74) is 2.71. The van der Waals surface area contributed by atoms with Crippen molar-refractivity contribution in [3.8, 4) is 0 Å². The molecule has 0 bridgehead atoms. The van der Waals surface area contributed by atoms with E-state index in [-0.39, 0.29) is 30.7 Å². The van der Waals surface area contributed by atoms with Crippen molar-refractivity contribution < 1.29 is 18.8 Å². The Hall–Kier alpha value is -2.19. The second-order valence-electron chi connectivity index (χ2n) is 4.28. The van der Waals surface area contributed by atoms with E-state index < -0.39 is 5.91 Å². The van der Waals surface area contributed by atoms with Crippen molar-refractivity contribution in [2.75, 3.05) is 13.1 Å². The van der Waals surface area contributed by atoms with E-state index in [0.29, 0.717) is 12.3 Å². The maximum atomic E-state index is 11.3. The number of aryl methyl sites for hydroxylation is 1. The number of hydrogen-bond donors (Lipinski definition) is 3. The van der Waals surface area contributed by atoms with Crippen LogP contribution in [0.3, 0.4) is 0 Å². The van der Waals surface area contributed by atoms with Crippen molar-refractivity contribution in [3.05, 3.63) is 23.2 Å². The number of nitrogens with one attached hydrogen (secondary N) is 2. The van der Waals surface area contributed by atoms with Gasteiger partial charge >= 0.3 is 5.91 Å². The van der Waals surface area contributed by atoms with Crippen LogP contribution in [-0.4, -0.2) is 35.7 Å². The van der Waals surface area contributed by atoms with E-state index in [1.54, 1.807) is 17.9 Å². The molecule has 0 saturated carbocycles. The summed E-state index contributed by atoms with van der Waals surface area (Å²) >= 11 is 0. The Morgan fingerprint density at radius 1 is 1.47 bits per heavy atom. The number of hydrogen-bond acceptors (Lipinski definition) is 6. The van der Waals surface area contributed by atoms with Gasteiger partial charge < -0.3 is 4.42 Å². The van der Waals surface area contributed by atoms with Gasteiger partial charge in [-0.3, -0.25) is 30.0 Å². The van der Waals surface area contributed by atoms with E-state index in [1.165, 1.54) is 0 Å². The maximum absolute atomic E-state index is 11.3. The van der Waals surface area contributed by atoms with Crippen molar-refractivity contribution in [1.82, 2.24) is 15.6 Å². The Morgan fingerprint density at radius 2 is 2.11 bits per heavy atom. The second-order valence-corrected chi connectivity index (χ2v) is 4.28. The molecule has 0 aliphatic carbocycles. The first kappa shape index (κ1) is 13.2. The number of furan rings is 1. The van der Waals surface area contributed by atoms with E-state index >= 15 is 0 Å². The van der Waals surface area contributed by atoms with E-state index in [0.717, 1.165) is 5.56 Å². The van der Waals surface area contributed by atoms with Gasteiger partial charge in [-0.1, -0.05) is 0 Å². The minimum Gasteiger partial charge on any atom is -0.456 e. The number of nitrogens with two attached hydrogens (primary N) is 1. The summed E-state index contributed by atoms with van der Waals surface area (Å²) in [6, 6.07) is 1.55. The fourth-order valence-electron chi connectivity index (χ4n) is 1.91. The summed E-state index contributed by atoms with van der Waals surface area (Å²) in [5.74, 6) is 4.47. The van der Waals surface area contributed by atoms with Crippen LogP contribution < -0.4 is 16.6 Å². The molecule has 1 fully saturated rings. The number of carbonyl (C=O) groups is 3. The van der Waals surface area contributed by atoms with Gasteiger partial charge in [-0.05, 0) is 13.0 Å². The van der Waals surface area contributed by atoms with Crippen LogP contribution in [0.4, 0.5) is 0 Å². The topological polar surface area (TPSA) is 118 Å². The predicted octanol–water partition coefficient (Wildman–Crippen LogP) is -1.35. The molecule has 8 heteroatoms. The second kappa shape index (κ2) is 5.21. The first-order chi connectivity index (χ1) is 8.99. The van der Waals surface area contributed by atoms with Gasteiger partial charge in [0.1, 0.15) is 5.76 Å². The van der Waals surface area contributed by atoms with E-state index in [4.69, 9.17) is 10.3 Å². The molecule has 2 rings (SSSR count). The summed E-state index contributed by atoms with van der Waals surface area (Å²) in [6.45, 7) is 2.32. The lowest BCUT2D eigenvalue weighted by Crippen LogP contribution is -2.50. The molecular weight excluding hydrogens is 252 g/mol. The van der Waals surface area contributed by atoms with Gasteiger partial charge in [-0.25, -0.2) is 5.84 Å². The first-order valence-electron chi connectivity index (χ1n) is 5.65. The van der Waals surface area contributed by atoms with Crippen molar-refractivity contribution in [1.29, 1.82) is 0 Å². The van der Waals surface area contributed by atoms with Crippen molar-refractivity contribution in [2.45, 2.75) is 13.5 Å². The van der Waals surface area contributed by atoms with Crippen LogP contribution in [0.1, 0.15) is 21.9 Å². The maximum Gasteiger partial charge on any atom is 0.300 e. The fraction of sp³-hybridized carbons (Fsp3) is 0.364. The summed E-state index contributed by atoms with van der Waals surface area (Å²) in [4.78, 5) is 35.5. The molecule has 102 valence electrons. The number of amides is 3. The molecule has 0 aromatic carbocycles. The van der Waals surface area contributed by atoms with Crippen molar-refractivity contribution in [3.63, 3.8) is 0 Å². The first-order valence-corrected chi connectivity index (χ1v) is 5.65. The smallest absolute Gasteiger partial charge is 0.300 e. The molecule has 0 spiro atoms. The third-order valence-corrected chi connectivity index (χ3v) is 2.78. The zero-order valence-corrected chi connectivity index (χ0v) is 10.4. The monoisotopic (exact) mass is 266 g/mol. The fourth-order valence-corrected chi connectivity index (χ4v) is 1.91. The average Bonchev–Trinajstić information content (AvgIpc) is 2.68. The van der Waals surface area contributed by atoms with Crippen LogP contribution in [0.15, 0.2) is 10.5 Å². The standard InChI is InChI=1S/C11H14N4O4/c1-6-7(2-8(19-6)11(18)14-12)3-15-4-9(16)13-10(17)5-15/h2H,3-5,12H2,1H3,(H,14,18)(H,13,16,17). The van der Waals surface area contributed by atoms with E-state index in [1.807, 2.05) is 5.43 Å². The van der Waals surface area contributed by atoms with Gasteiger partial charge in [-0.2, -0.15) is 0 Å². The molecular formula is C11H14N4O4. The van der Waals surface area contributed by atoms with Gasteiger partial charge in [-0.15, -0.1) is 0 Å². The highest BCUT2D eigenvalue weighted by molar-refractivity contribution is 5.99. The minimum absolute atomic E-state index is 0.0998. The van der Waals surface area contributed by atoms with Crippen LogP contribution >= 0.6 is 0 Å². The molecule has 3 amide bonds. The Bertz CT molecular complexity index is 521. The summed E-state index contributed by atoms with van der Waals surface area (Å²) in [5, 5.41) is 2.22. The van der Waals surface area contributed by atoms with Crippen LogP contribution in [0.2, 0.25) is 0 Å². The number of imide groups is 1. The third kappa shape index (κ3) is 2.98. The number of hydrazine groups is 1. The quantitative estimate of drug-likeness (QED) is 0.269. The highest BCUT2D eigenvalue weighted by atomic mass is 16.4. The Kier molecular flexibility index (Phi) is 3.63. The van der Waals surface area contributed by atoms with Crippen LogP contribution in [-0.2, 0) is 16.1 Å². The number of nitrogen functional groups attached to an aromatic ring is 1. The zero-order chi connectivity index (χ0) is 14.0. The summed E-state index contributed by atoms with van der Waals surface area (Å²) < 4.78 is 5.26. The number of piperazine rings is 1. The van der Waals surface area contributed by atoms with Crippen LogP contribution in [0.5, 0.6) is 0 Å². The molecule has 0 radical (unpaired) electrons. The van der Waals surface area contributed by atoms with Crippen molar-refractivity contribution in [2.24, 2.45) is 5.84 Å². The number of nitrogens with zero attached hydrogens (tertiary/aromatic N) is 1. The van der Waals surface area contributed by atoms with Gasteiger partial charge in [0.25, 0.3) is 0 Å². The molecule has 1 aliphatic rings. The van der Waals surface area contributed by atoms with Gasteiger partial charge in [0, 0.05) is 12.1 Å². The van der Waals surface area contributed by atoms with E-state index in [9.17, 15) is 14.4 Å². The molecule has 0 atom stereocenters. The molecule has 1 aromatic rings. The summed E-state index contributed by atoms with van der Waals surface area (Å²) in [7, 11) is 0. The normalized spacial score (nSPS) is 16.3. The Labute approximate surface area is 108 Å².